The summed E-state index contributed by atoms with van der Waals surface area (Å²) in [5, 5.41) is 11.4. The number of anilines is 1. The minimum absolute atomic E-state index is 0.105. The molecular formula is C9H10FN3O2. The molecule has 1 fully saturated rings. The summed E-state index contributed by atoms with van der Waals surface area (Å²) < 4.78 is 13.3. The molecule has 2 heterocycles. The maximum atomic E-state index is 13.3. The van der Waals surface area contributed by atoms with Gasteiger partial charge in [-0.25, -0.2) is 9.37 Å². The fourth-order valence-corrected chi connectivity index (χ4v) is 1.54. The summed E-state index contributed by atoms with van der Waals surface area (Å²) in [7, 11) is 0. The van der Waals surface area contributed by atoms with Crippen LogP contribution in [0, 0.1) is 4.91 Å². The van der Waals surface area contributed by atoms with Crippen molar-refractivity contribution >= 4 is 11.5 Å². The molecule has 5 nitrogen and oxygen atoms in total. The van der Waals surface area contributed by atoms with Gasteiger partial charge in [0.2, 0.25) is 0 Å². The quantitative estimate of drug-likeness (QED) is 0.757. The van der Waals surface area contributed by atoms with Gasteiger partial charge in [0.05, 0.1) is 31.6 Å². The number of nitrogens with zero attached hydrogens (tertiary/aromatic N) is 3. The molecule has 1 saturated heterocycles. The van der Waals surface area contributed by atoms with Gasteiger partial charge < -0.3 is 10.0 Å². The number of pyridine rings is 1. The number of rotatable bonds is 3. The van der Waals surface area contributed by atoms with Crippen molar-refractivity contribution < 1.29 is 9.50 Å². The fraction of sp³-hybridized carbons (Fsp3) is 0.444. The molecule has 1 aromatic heterocycles. The van der Waals surface area contributed by atoms with Crippen LogP contribution in [0.5, 0.6) is 0 Å². The normalized spacial score (nSPS) is 18.4. The first-order chi connectivity index (χ1) is 7.17. The Morgan fingerprint density at radius 2 is 2.33 bits per heavy atom. The van der Waals surface area contributed by atoms with Crippen molar-refractivity contribution in [3.05, 3.63) is 23.2 Å². The molecule has 15 heavy (non-hydrogen) atoms. The summed E-state index contributed by atoms with van der Waals surface area (Å²) in [6.07, 6.45) is 1.47. The van der Waals surface area contributed by atoms with Crippen LogP contribution < -0.4 is 4.90 Å². The van der Waals surface area contributed by atoms with E-state index in [4.69, 9.17) is 5.11 Å². The van der Waals surface area contributed by atoms with Crippen molar-refractivity contribution in [3.63, 3.8) is 0 Å². The first-order valence-electron chi connectivity index (χ1n) is 4.51. The second-order valence-electron chi connectivity index (χ2n) is 3.63. The van der Waals surface area contributed by atoms with Crippen LogP contribution in [-0.2, 0) is 0 Å². The molecule has 1 aliphatic rings. The summed E-state index contributed by atoms with van der Waals surface area (Å²) in [6, 6.07) is 3.13. The zero-order chi connectivity index (χ0) is 10.9. The monoisotopic (exact) mass is 211 g/mol. The van der Waals surface area contributed by atoms with Crippen molar-refractivity contribution in [3.8, 4) is 0 Å². The number of aromatic nitrogens is 1. The van der Waals surface area contributed by atoms with E-state index in [0.717, 1.165) is 5.69 Å². The summed E-state index contributed by atoms with van der Waals surface area (Å²) in [6.45, 7) is -0.164. The van der Waals surface area contributed by atoms with Gasteiger partial charge in [-0.15, -0.1) is 4.91 Å². The Morgan fingerprint density at radius 3 is 2.80 bits per heavy atom. The third-order valence-electron chi connectivity index (χ3n) is 2.42. The van der Waals surface area contributed by atoms with Crippen LogP contribution >= 0.6 is 0 Å². The van der Waals surface area contributed by atoms with Gasteiger partial charge in [-0.1, -0.05) is 0 Å². The predicted molar refractivity (Wildman–Crippen MR) is 52.8 cm³/mol. The molecule has 1 N–H and O–H groups in total. The average molecular weight is 211 g/mol. The lowest BCUT2D eigenvalue weighted by atomic mass is 9.97. The maximum Gasteiger partial charge on any atom is 0.196 e. The van der Waals surface area contributed by atoms with Crippen LogP contribution in [-0.4, -0.2) is 35.5 Å². The highest BCUT2D eigenvalue weighted by atomic mass is 19.1. The van der Waals surface area contributed by atoms with E-state index in [1.165, 1.54) is 12.3 Å². The number of aliphatic hydroxyl groups excluding tert-OH is 1. The van der Waals surface area contributed by atoms with Crippen LogP contribution in [0.15, 0.2) is 23.5 Å². The molecule has 1 aliphatic heterocycles. The molecule has 0 saturated carbocycles. The Bertz CT molecular complexity index is 362. The van der Waals surface area contributed by atoms with E-state index >= 15 is 0 Å². The number of nitroso groups, excluding NO2 is 1. The molecule has 6 heteroatoms. The van der Waals surface area contributed by atoms with Crippen molar-refractivity contribution in [2.75, 3.05) is 24.6 Å². The first-order valence-corrected chi connectivity index (χ1v) is 4.51. The van der Waals surface area contributed by atoms with E-state index in [1.807, 2.05) is 0 Å². The smallest absolute Gasteiger partial charge is 0.196 e. The van der Waals surface area contributed by atoms with E-state index in [0.29, 0.717) is 0 Å². The highest BCUT2D eigenvalue weighted by Crippen LogP contribution is 2.30. The summed E-state index contributed by atoms with van der Waals surface area (Å²) in [5.41, 5.74) is -0.772. The SMILES string of the molecule is O=Nc1ccc(N2CC(F)(CO)C2)cn1. The highest BCUT2D eigenvalue weighted by molar-refractivity contribution is 5.51. The molecule has 80 valence electrons. The van der Waals surface area contributed by atoms with Gasteiger partial charge in [-0.3, -0.25) is 0 Å². The largest absolute Gasteiger partial charge is 0.393 e. The number of aliphatic hydroxyl groups is 1. The molecule has 0 unspecified atom stereocenters. The van der Waals surface area contributed by atoms with E-state index in [-0.39, 0.29) is 18.9 Å². The lowest BCUT2D eigenvalue weighted by Gasteiger charge is -2.44. The molecule has 1 aromatic rings. The number of halogens is 1. The molecule has 0 amide bonds. The Balaban J connectivity index is 2.04. The van der Waals surface area contributed by atoms with Crippen LogP contribution in [0.25, 0.3) is 0 Å². The summed E-state index contributed by atoms with van der Waals surface area (Å²) in [5.74, 6) is 0.105. The van der Waals surface area contributed by atoms with Crippen LogP contribution in [0.3, 0.4) is 0 Å². The van der Waals surface area contributed by atoms with Gasteiger partial charge in [0, 0.05) is 0 Å². The lowest BCUT2D eigenvalue weighted by Crippen LogP contribution is -2.61. The summed E-state index contributed by atoms with van der Waals surface area (Å²) in [4.78, 5) is 15.6. The predicted octanol–water partition coefficient (Wildman–Crippen LogP) is 1.00. The zero-order valence-corrected chi connectivity index (χ0v) is 7.93. The second kappa shape index (κ2) is 3.54. The Labute approximate surface area is 85.5 Å². The zero-order valence-electron chi connectivity index (χ0n) is 7.93. The van der Waals surface area contributed by atoms with Crippen LogP contribution in [0.1, 0.15) is 0 Å². The number of alkyl halides is 1. The number of hydrogen-bond acceptors (Lipinski definition) is 5. The van der Waals surface area contributed by atoms with Gasteiger partial charge in [0.1, 0.15) is 0 Å². The van der Waals surface area contributed by atoms with Crippen LogP contribution in [0.4, 0.5) is 15.9 Å². The number of hydrogen-bond donors (Lipinski definition) is 1. The van der Waals surface area contributed by atoms with Crippen molar-refractivity contribution in [1.82, 2.24) is 4.98 Å². The molecule has 0 atom stereocenters. The standard InChI is InChI=1S/C9H10FN3O2/c10-9(6-14)4-13(5-9)7-1-2-8(12-15)11-3-7/h1-3,14H,4-6H2. The molecular weight excluding hydrogens is 201 g/mol. The van der Waals surface area contributed by atoms with E-state index < -0.39 is 12.3 Å². The fourth-order valence-electron chi connectivity index (χ4n) is 1.54. The third-order valence-corrected chi connectivity index (χ3v) is 2.42. The van der Waals surface area contributed by atoms with Crippen LogP contribution in [0.2, 0.25) is 0 Å². The topological polar surface area (TPSA) is 65.8 Å². The highest BCUT2D eigenvalue weighted by Gasteiger charge is 2.43. The molecule has 2 rings (SSSR count). The summed E-state index contributed by atoms with van der Waals surface area (Å²) >= 11 is 0. The van der Waals surface area contributed by atoms with E-state index in [2.05, 4.69) is 10.2 Å². The van der Waals surface area contributed by atoms with Crippen molar-refractivity contribution in [2.24, 2.45) is 5.18 Å². The van der Waals surface area contributed by atoms with E-state index in [9.17, 15) is 9.30 Å². The average Bonchev–Trinajstić information content (AvgIpc) is 2.25. The Morgan fingerprint density at radius 1 is 1.60 bits per heavy atom. The minimum atomic E-state index is -1.50. The van der Waals surface area contributed by atoms with Crippen molar-refractivity contribution in [1.29, 1.82) is 0 Å². The molecule has 0 aliphatic carbocycles. The maximum absolute atomic E-state index is 13.3. The van der Waals surface area contributed by atoms with Gasteiger partial charge >= 0.3 is 0 Å². The van der Waals surface area contributed by atoms with Gasteiger partial charge in [0.25, 0.3) is 0 Å². The molecule has 0 aromatic carbocycles. The van der Waals surface area contributed by atoms with Crippen molar-refractivity contribution in [2.45, 2.75) is 5.67 Å². The molecule has 0 bridgehead atoms. The minimum Gasteiger partial charge on any atom is -0.393 e. The Hall–Kier alpha value is -1.56. The molecule has 0 radical (unpaired) electrons. The third kappa shape index (κ3) is 1.80. The molecule has 0 spiro atoms. The van der Waals surface area contributed by atoms with Gasteiger partial charge in [0.15, 0.2) is 11.5 Å². The Kier molecular flexibility index (Phi) is 2.36. The lowest BCUT2D eigenvalue weighted by molar-refractivity contribution is 0.0444. The van der Waals surface area contributed by atoms with E-state index in [1.54, 1.807) is 11.0 Å². The van der Waals surface area contributed by atoms with Gasteiger partial charge in [-0.2, -0.15) is 0 Å². The second-order valence-corrected chi connectivity index (χ2v) is 3.63. The first kappa shape index (κ1) is 9.97. The van der Waals surface area contributed by atoms with Gasteiger partial charge in [-0.05, 0) is 17.3 Å².